The second-order valence-corrected chi connectivity index (χ2v) is 6.46. The first-order valence-electron chi connectivity index (χ1n) is 5.51. The monoisotopic (exact) mass is 351 g/mol. The van der Waals surface area contributed by atoms with Crippen molar-refractivity contribution in [3.05, 3.63) is 52.5 Å². The van der Waals surface area contributed by atoms with Crippen molar-refractivity contribution in [2.75, 3.05) is 10.5 Å². The second kappa shape index (κ2) is 5.53. The van der Waals surface area contributed by atoms with Gasteiger partial charge in [-0.2, -0.15) is 5.26 Å². The van der Waals surface area contributed by atoms with Crippen molar-refractivity contribution in [2.24, 2.45) is 0 Å². The molecule has 102 valence electrons. The topological polar surface area (TPSA) is 96.0 Å². The summed E-state index contributed by atoms with van der Waals surface area (Å²) in [6, 6.07) is 12.7. The van der Waals surface area contributed by atoms with E-state index in [2.05, 4.69) is 20.7 Å². The summed E-state index contributed by atoms with van der Waals surface area (Å²) in [6.07, 6.45) is 0. The Kier molecular flexibility index (Phi) is 3.97. The Balaban J connectivity index is 2.44. The molecule has 3 N–H and O–H groups in total. The Morgan fingerprint density at radius 2 is 1.90 bits per heavy atom. The van der Waals surface area contributed by atoms with Gasteiger partial charge in [0.05, 0.1) is 11.3 Å². The number of rotatable bonds is 3. The Hall–Kier alpha value is -2.04. The lowest BCUT2D eigenvalue weighted by molar-refractivity contribution is 0.601. The summed E-state index contributed by atoms with van der Waals surface area (Å²) in [5, 5.41) is 8.97. The van der Waals surface area contributed by atoms with Crippen LogP contribution < -0.4 is 10.5 Å². The molecule has 0 aliphatic carbocycles. The minimum absolute atomic E-state index is 0.0550. The zero-order valence-corrected chi connectivity index (χ0v) is 12.6. The summed E-state index contributed by atoms with van der Waals surface area (Å²) < 4.78 is 27.4. The van der Waals surface area contributed by atoms with Crippen LogP contribution in [0.25, 0.3) is 0 Å². The quantitative estimate of drug-likeness (QED) is 0.830. The number of benzene rings is 2. The van der Waals surface area contributed by atoms with Crippen LogP contribution in [0.3, 0.4) is 0 Å². The average molecular weight is 352 g/mol. The Labute approximate surface area is 125 Å². The van der Waals surface area contributed by atoms with E-state index in [1.54, 1.807) is 12.1 Å². The van der Waals surface area contributed by atoms with Gasteiger partial charge in [0.15, 0.2) is 0 Å². The van der Waals surface area contributed by atoms with E-state index in [-0.39, 0.29) is 16.1 Å². The fourth-order valence-corrected chi connectivity index (χ4v) is 3.78. The number of nitriles is 1. The summed E-state index contributed by atoms with van der Waals surface area (Å²) in [6.45, 7) is 0. The Morgan fingerprint density at radius 3 is 2.55 bits per heavy atom. The number of hydrogen-bond donors (Lipinski definition) is 2. The third-order valence-corrected chi connectivity index (χ3v) is 4.88. The highest BCUT2D eigenvalue weighted by molar-refractivity contribution is 9.10. The summed E-state index contributed by atoms with van der Waals surface area (Å²) in [4.78, 5) is 0.0550. The maximum absolute atomic E-state index is 12.3. The normalized spacial score (nSPS) is 10.8. The lowest BCUT2D eigenvalue weighted by atomic mass is 10.2. The van der Waals surface area contributed by atoms with Crippen molar-refractivity contribution < 1.29 is 8.42 Å². The number of para-hydroxylation sites is 1. The molecule has 0 spiro atoms. The number of nitrogens with two attached hydrogens (primary N) is 1. The van der Waals surface area contributed by atoms with Crippen molar-refractivity contribution in [3.63, 3.8) is 0 Å². The zero-order valence-electron chi connectivity index (χ0n) is 10.2. The fraction of sp³-hybridized carbons (Fsp3) is 0. The molecule has 0 saturated heterocycles. The highest BCUT2D eigenvalue weighted by Gasteiger charge is 2.19. The summed E-state index contributed by atoms with van der Waals surface area (Å²) in [5.41, 5.74) is 6.52. The SMILES string of the molecule is N#Cc1ccccc1NS(=O)(=O)c1ccc(N)cc1Br. The molecule has 2 aromatic carbocycles. The lowest BCUT2D eigenvalue weighted by Crippen LogP contribution is -2.14. The van der Waals surface area contributed by atoms with Gasteiger partial charge in [0, 0.05) is 10.2 Å². The van der Waals surface area contributed by atoms with Crippen molar-refractivity contribution in [3.8, 4) is 6.07 Å². The Morgan fingerprint density at radius 1 is 1.20 bits per heavy atom. The molecular formula is C13H10BrN3O2S. The van der Waals surface area contributed by atoms with Crippen LogP contribution in [0.1, 0.15) is 5.56 Å². The van der Waals surface area contributed by atoms with E-state index in [9.17, 15) is 8.42 Å². The number of hydrogen-bond acceptors (Lipinski definition) is 4. The van der Waals surface area contributed by atoms with Crippen LogP contribution in [0.4, 0.5) is 11.4 Å². The van der Waals surface area contributed by atoms with Crippen LogP contribution >= 0.6 is 15.9 Å². The molecule has 20 heavy (non-hydrogen) atoms. The van der Waals surface area contributed by atoms with Crippen LogP contribution in [-0.4, -0.2) is 8.42 Å². The van der Waals surface area contributed by atoms with Gasteiger partial charge in [0.2, 0.25) is 0 Å². The number of nitrogens with one attached hydrogen (secondary N) is 1. The van der Waals surface area contributed by atoms with Crippen molar-refractivity contribution in [1.82, 2.24) is 0 Å². The van der Waals surface area contributed by atoms with Crippen molar-refractivity contribution in [2.45, 2.75) is 4.90 Å². The number of anilines is 2. The molecule has 0 aliphatic rings. The zero-order chi connectivity index (χ0) is 14.8. The number of sulfonamides is 1. The van der Waals surface area contributed by atoms with Gasteiger partial charge >= 0.3 is 0 Å². The van der Waals surface area contributed by atoms with Gasteiger partial charge in [-0.15, -0.1) is 0 Å². The first-order valence-corrected chi connectivity index (χ1v) is 7.78. The minimum Gasteiger partial charge on any atom is -0.399 e. The fourth-order valence-electron chi connectivity index (χ4n) is 1.60. The lowest BCUT2D eigenvalue weighted by Gasteiger charge is -2.11. The highest BCUT2D eigenvalue weighted by atomic mass is 79.9. The first kappa shape index (κ1) is 14.4. The molecule has 2 rings (SSSR count). The standard InChI is InChI=1S/C13H10BrN3O2S/c14-11-7-10(16)5-6-13(11)20(18,19)17-12-4-2-1-3-9(12)8-15/h1-7,17H,16H2. The minimum atomic E-state index is -3.80. The number of halogens is 1. The van der Waals surface area contributed by atoms with Gasteiger partial charge < -0.3 is 5.73 Å². The van der Waals surface area contributed by atoms with Crippen LogP contribution in [0, 0.1) is 11.3 Å². The predicted octanol–water partition coefficient (Wildman–Crippen LogP) is 2.70. The Bertz CT molecular complexity index is 798. The van der Waals surface area contributed by atoms with Gasteiger partial charge in [-0.3, -0.25) is 4.72 Å². The third-order valence-electron chi connectivity index (χ3n) is 2.54. The largest absolute Gasteiger partial charge is 0.399 e. The van der Waals surface area contributed by atoms with Gasteiger partial charge in [-0.25, -0.2) is 8.42 Å². The average Bonchev–Trinajstić information content (AvgIpc) is 2.38. The van der Waals surface area contributed by atoms with Gasteiger partial charge in [0.25, 0.3) is 10.0 Å². The second-order valence-electron chi connectivity index (χ2n) is 3.95. The van der Waals surface area contributed by atoms with Crippen LogP contribution in [0.15, 0.2) is 51.8 Å². The first-order chi connectivity index (χ1) is 9.44. The maximum Gasteiger partial charge on any atom is 0.263 e. The molecule has 0 bridgehead atoms. The summed E-state index contributed by atoms with van der Waals surface area (Å²) in [5.74, 6) is 0. The molecule has 0 aromatic heterocycles. The van der Waals surface area contributed by atoms with E-state index in [1.807, 2.05) is 6.07 Å². The van der Waals surface area contributed by atoms with Crippen LogP contribution in [0.2, 0.25) is 0 Å². The molecule has 0 amide bonds. The molecular weight excluding hydrogens is 342 g/mol. The molecule has 7 heteroatoms. The van der Waals surface area contributed by atoms with E-state index < -0.39 is 10.0 Å². The molecule has 0 unspecified atom stereocenters. The van der Waals surface area contributed by atoms with E-state index in [0.717, 1.165) is 0 Å². The van der Waals surface area contributed by atoms with E-state index >= 15 is 0 Å². The van der Waals surface area contributed by atoms with Gasteiger partial charge in [-0.05, 0) is 46.3 Å². The van der Waals surface area contributed by atoms with Crippen LogP contribution in [-0.2, 0) is 10.0 Å². The molecule has 0 radical (unpaired) electrons. The van der Waals surface area contributed by atoms with Crippen molar-refractivity contribution in [1.29, 1.82) is 5.26 Å². The molecule has 5 nitrogen and oxygen atoms in total. The highest BCUT2D eigenvalue weighted by Crippen LogP contribution is 2.27. The predicted molar refractivity (Wildman–Crippen MR) is 80.5 cm³/mol. The number of nitrogens with zero attached hydrogens (tertiary/aromatic N) is 1. The number of nitrogen functional groups attached to an aromatic ring is 1. The van der Waals surface area contributed by atoms with E-state index in [0.29, 0.717) is 10.2 Å². The van der Waals surface area contributed by atoms with Gasteiger partial charge in [0.1, 0.15) is 11.0 Å². The van der Waals surface area contributed by atoms with E-state index in [1.165, 1.54) is 30.3 Å². The molecule has 0 fully saturated rings. The molecule has 0 atom stereocenters. The molecule has 0 aliphatic heterocycles. The van der Waals surface area contributed by atoms with Gasteiger partial charge in [-0.1, -0.05) is 12.1 Å². The van der Waals surface area contributed by atoms with Crippen molar-refractivity contribution >= 4 is 37.3 Å². The van der Waals surface area contributed by atoms with E-state index in [4.69, 9.17) is 11.0 Å². The smallest absolute Gasteiger partial charge is 0.263 e. The molecule has 0 saturated carbocycles. The maximum atomic E-state index is 12.3. The molecule has 0 heterocycles. The summed E-state index contributed by atoms with van der Waals surface area (Å²) in [7, 11) is -3.80. The summed E-state index contributed by atoms with van der Waals surface area (Å²) >= 11 is 3.17. The third kappa shape index (κ3) is 2.92. The van der Waals surface area contributed by atoms with Crippen LogP contribution in [0.5, 0.6) is 0 Å². The molecule has 2 aromatic rings.